The lowest BCUT2D eigenvalue weighted by Crippen LogP contribution is -2.27. The highest BCUT2D eigenvalue weighted by Gasteiger charge is 2.15. The molecule has 0 bridgehead atoms. The van der Waals surface area contributed by atoms with Crippen LogP contribution in [0.5, 0.6) is 11.5 Å². The van der Waals surface area contributed by atoms with Gasteiger partial charge in [-0.15, -0.1) is 0 Å². The average Bonchev–Trinajstić information content (AvgIpc) is 2.46. The van der Waals surface area contributed by atoms with Crippen LogP contribution in [0.25, 0.3) is 0 Å². The molecule has 0 fully saturated rings. The Morgan fingerprint density at radius 1 is 1.14 bits per heavy atom. The van der Waals surface area contributed by atoms with Gasteiger partial charge in [-0.05, 0) is 17.7 Å². The summed E-state index contributed by atoms with van der Waals surface area (Å²) in [6.07, 6.45) is 0.0294. The second kappa shape index (κ2) is 7.87. The van der Waals surface area contributed by atoms with Crippen molar-refractivity contribution < 1.29 is 23.8 Å². The molecule has 0 aliphatic rings. The summed E-state index contributed by atoms with van der Waals surface area (Å²) in [4.78, 5) is 24.5. The van der Waals surface area contributed by atoms with E-state index in [1.54, 1.807) is 26.2 Å². The largest absolute Gasteiger partial charge is 0.493 e. The van der Waals surface area contributed by atoms with Crippen molar-refractivity contribution in [1.82, 2.24) is 4.90 Å². The summed E-state index contributed by atoms with van der Waals surface area (Å²) in [5, 5.41) is 0. The van der Waals surface area contributed by atoms with Crippen molar-refractivity contribution in [3.63, 3.8) is 0 Å². The molecular weight excluding hydrogens is 342 g/mol. The van der Waals surface area contributed by atoms with Crippen molar-refractivity contribution in [2.24, 2.45) is 0 Å². The van der Waals surface area contributed by atoms with E-state index < -0.39 is 5.97 Å². The first-order chi connectivity index (χ1) is 9.88. The summed E-state index contributed by atoms with van der Waals surface area (Å²) in [5.74, 6) is 0.324. The van der Waals surface area contributed by atoms with Gasteiger partial charge in [-0.25, -0.2) is 0 Å². The van der Waals surface area contributed by atoms with E-state index in [2.05, 4.69) is 15.9 Å². The molecule has 0 N–H and O–H groups in total. The quantitative estimate of drug-likeness (QED) is 0.722. The van der Waals surface area contributed by atoms with Gasteiger partial charge < -0.3 is 19.1 Å². The highest BCUT2D eigenvalue weighted by Crippen LogP contribution is 2.33. The number of benzene rings is 1. The second-order valence-corrected chi connectivity index (χ2v) is 5.28. The van der Waals surface area contributed by atoms with Gasteiger partial charge in [-0.3, -0.25) is 9.59 Å². The fourth-order valence-electron chi connectivity index (χ4n) is 1.51. The number of halogens is 1. The average molecular weight is 360 g/mol. The summed E-state index contributed by atoms with van der Waals surface area (Å²) in [6.45, 7) is -0.267. The summed E-state index contributed by atoms with van der Waals surface area (Å²) in [6, 6.07) is 3.41. The smallest absolute Gasteiger partial charge is 0.310 e. The monoisotopic (exact) mass is 359 g/mol. The Hall–Kier alpha value is -1.76. The lowest BCUT2D eigenvalue weighted by molar-refractivity contribution is -0.150. The van der Waals surface area contributed by atoms with Gasteiger partial charge in [0.1, 0.15) is 0 Å². The van der Waals surface area contributed by atoms with Gasteiger partial charge in [0.2, 0.25) is 0 Å². The number of methoxy groups -OCH3 is 2. The van der Waals surface area contributed by atoms with Gasteiger partial charge in [0.15, 0.2) is 18.1 Å². The van der Waals surface area contributed by atoms with Gasteiger partial charge in [0.05, 0.1) is 20.6 Å². The minimum Gasteiger partial charge on any atom is -0.493 e. The summed E-state index contributed by atoms with van der Waals surface area (Å²) in [5.41, 5.74) is 0.690. The minimum atomic E-state index is -0.488. The first kappa shape index (κ1) is 17.3. The maximum atomic E-state index is 11.8. The van der Waals surface area contributed by atoms with E-state index in [-0.39, 0.29) is 18.9 Å². The van der Waals surface area contributed by atoms with Gasteiger partial charge >= 0.3 is 5.97 Å². The number of hydrogen-bond acceptors (Lipinski definition) is 5. The minimum absolute atomic E-state index is 0.0294. The zero-order valence-corrected chi connectivity index (χ0v) is 14.0. The number of carbonyl (C=O) groups excluding carboxylic acids is 2. The molecule has 116 valence electrons. The zero-order valence-electron chi connectivity index (χ0n) is 12.4. The molecule has 0 radical (unpaired) electrons. The summed E-state index contributed by atoms with van der Waals surface area (Å²) >= 11 is 3.36. The molecule has 6 nitrogen and oxygen atoms in total. The van der Waals surface area contributed by atoms with Crippen LogP contribution in [-0.4, -0.2) is 51.7 Å². The van der Waals surface area contributed by atoms with Crippen LogP contribution in [0.3, 0.4) is 0 Å². The van der Waals surface area contributed by atoms with E-state index in [4.69, 9.17) is 14.2 Å². The van der Waals surface area contributed by atoms with E-state index in [0.29, 0.717) is 21.5 Å². The molecule has 0 aliphatic heterocycles. The predicted molar refractivity (Wildman–Crippen MR) is 80.6 cm³/mol. The second-order valence-electron chi connectivity index (χ2n) is 4.42. The van der Waals surface area contributed by atoms with Crippen molar-refractivity contribution in [3.05, 3.63) is 22.2 Å². The van der Waals surface area contributed by atoms with Gasteiger partial charge in [0, 0.05) is 18.6 Å². The first-order valence-corrected chi connectivity index (χ1v) is 6.94. The Labute approximate surface area is 132 Å². The number of carbonyl (C=O) groups is 2. The molecule has 0 saturated heterocycles. The van der Waals surface area contributed by atoms with Crippen LogP contribution in [0.1, 0.15) is 5.56 Å². The SMILES string of the molecule is COc1cc(Br)c(CC(=O)OCC(=O)N(C)C)cc1OC. The Kier molecular flexibility index (Phi) is 6.48. The molecule has 0 heterocycles. The van der Waals surface area contributed by atoms with E-state index >= 15 is 0 Å². The van der Waals surface area contributed by atoms with Crippen LogP contribution in [0.2, 0.25) is 0 Å². The number of nitrogens with zero attached hydrogens (tertiary/aromatic N) is 1. The van der Waals surface area contributed by atoms with Gasteiger partial charge in [-0.2, -0.15) is 0 Å². The predicted octanol–water partition coefficient (Wildman–Crippen LogP) is 1.64. The summed E-state index contributed by atoms with van der Waals surface area (Å²) < 4.78 is 16.0. The molecular formula is C14H18BrNO5. The molecule has 1 rings (SSSR count). The Morgan fingerprint density at radius 2 is 1.71 bits per heavy atom. The number of likely N-dealkylation sites (N-methyl/N-ethyl adjacent to an activating group) is 1. The molecule has 0 atom stereocenters. The summed E-state index contributed by atoms with van der Waals surface area (Å²) in [7, 11) is 6.25. The maximum Gasteiger partial charge on any atom is 0.310 e. The number of ether oxygens (including phenoxy) is 3. The van der Waals surface area contributed by atoms with Crippen molar-refractivity contribution in [3.8, 4) is 11.5 Å². The molecule has 0 aliphatic carbocycles. The number of rotatable bonds is 6. The number of esters is 1. The van der Waals surface area contributed by atoms with Crippen LogP contribution in [-0.2, 0) is 20.7 Å². The van der Waals surface area contributed by atoms with Crippen molar-refractivity contribution in [1.29, 1.82) is 0 Å². The normalized spacial score (nSPS) is 9.95. The van der Waals surface area contributed by atoms with Crippen molar-refractivity contribution in [2.45, 2.75) is 6.42 Å². The zero-order chi connectivity index (χ0) is 16.0. The van der Waals surface area contributed by atoms with E-state index in [1.807, 2.05) is 0 Å². The molecule has 0 unspecified atom stereocenters. The lowest BCUT2D eigenvalue weighted by atomic mass is 10.1. The Balaban J connectivity index is 2.74. The van der Waals surface area contributed by atoms with Gasteiger partial charge in [0.25, 0.3) is 5.91 Å². The van der Waals surface area contributed by atoms with E-state index in [0.717, 1.165) is 0 Å². The number of amides is 1. The molecule has 7 heteroatoms. The molecule has 0 saturated carbocycles. The third kappa shape index (κ3) is 4.93. The fraction of sp³-hybridized carbons (Fsp3) is 0.429. The molecule has 1 amide bonds. The number of hydrogen-bond donors (Lipinski definition) is 0. The third-order valence-electron chi connectivity index (χ3n) is 2.74. The van der Waals surface area contributed by atoms with Crippen molar-refractivity contribution in [2.75, 3.05) is 34.9 Å². The highest BCUT2D eigenvalue weighted by atomic mass is 79.9. The topological polar surface area (TPSA) is 65.1 Å². The van der Waals surface area contributed by atoms with Gasteiger partial charge in [-0.1, -0.05) is 15.9 Å². The highest BCUT2D eigenvalue weighted by molar-refractivity contribution is 9.10. The third-order valence-corrected chi connectivity index (χ3v) is 3.48. The van der Waals surface area contributed by atoms with Crippen LogP contribution in [0, 0.1) is 0 Å². The van der Waals surface area contributed by atoms with Crippen LogP contribution in [0.15, 0.2) is 16.6 Å². The molecule has 1 aromatic carbocycles. The van der Waals surface area contributed by atoms with E-state index in [9.17, 15) is 9.59 Å². The maximum absolute atomic E-state index is 11.8. The molecule has 1 aromatic rings. The fourth-order valence-corrected chi connectivity index (χ4v) is 1.97. The lowest BCUT2D eigenvalue weighted by Gasteiger charge is -2.13. The molecule has 0 spiro atoms. The van der Waals surface area contributed by atoms with Crippen LogP contribution < -0.4 is 9.47 Å². The first-order valence-electron chi connectivity index (χ1n) is 6.15. The van der Waals surface area contributed by atoms with Crippen molar-refractivity contribution >= 4 is 27.8 Å². The molecule has 0 aromatic heterocycles. The Morgan fingerprint density at radius 3 is 2.24 bits per heavy atom. The van der Waals surface area contributed by atoms with Crippen LogP contribution >= 0.6 is 15.9 Å². The Bertz CT molecular complexity index is 530. The van der Waals surface area contributed by atoms with Crippen LogP contribution in [0.4, 0.5) is 0 Å². The standard InChI is InChI=1S/C14H18BrNO5/c1-16(2)13(17)8-21-14(18)6-9-5-11(19-3)12(20-4)7-10(9)15/h5,7H,6,8H2,1-4H3. The van der Waals surface area contributed by atoms with E-state index in [1.165, 1.54) is 19.1 Å². The molecule has 21 heavy (non-hydrogen) atoms.